The van der Waals surface area contributed by atoms with E-state index in [2.05, 4.69) is 26.3 Å². The zero-order valence-corrected chi connectivity index (χ0v) is 27.8. The maximum Gasteiger partial charge on any atom is 0.405 e. The predicted octanol–water partition coefficient (Wildman–Crippen LogP) is 5.05. The number of carboxylic acid groups (broad SMARTS) is 1. The number of phenols is 1. The number of benzene rings is 2. The molecule has 4 rings (SSSR count). The van der Waals surface area contributed by atoms with Crippen molar-refractivity contribution in [3.8, 4) is 5.75 Å². The van der Waals surface area contributed by atoms with Gasteiger partial charge >= 0.3 is 6.09 Å². The maximum absolute atomic E-state index is 14.5. The molecule has 0 saturated carbocycles. The van der Waals surface area contributed by atoms with Crippen LogP contribution in [0.25, 0.3) is 10.9 Å². The van der Waals surface area contributed by atoms with Gasteiger partial charge in [-0.05, 0) is 60.1 Å². The minimum Gasteiger partial charge on any atom is -0.508 e. The molecule has 0 aliphatic heterocycles. The number of nitrogens with one attached hydrogen (secondary N) is 5. The highest BCUT2D eigenvalue weighted by molar-refractivity contribution is 6.38. The van der Waals surface area contributed by atoms with Crippen LogP contribution in [-0.2, 0) is 33.8 Å². The molecule has 2 aromatic carbocycles. The van der Waals surface area contributed by atoms with E-state index in [9.17, 15) is 29.4 Å². The lowest BCUT2D eigenvalue weighted by Crippen LogP contribution is -2.67. The van der Waals surface area contributed by atoms with Gasteiger partial charge in [-0.15, -0.1) is 0 Å². The molecule has 11 nitrogen and oxygen atoms in total. The largest absolute Gasteiger partial charge is 0.508 e. The number of amides is 4. The normalized spacial score (nSPS) is 18.5. The van der Waals surface area contributed by atoms with Crippen LogP contribution in [0.15, 0.2) is 36.4 Å². The first-order chi connectivity index (χ1) is 21.8. The van der Waals surface area contributed by atoms with E-state index in [1.54, 1.807) is 31.2 Å². The first-order valence-corrected chi connectivity index (χ1v) is 16.2. The van der Waals surface area contributed by atoms with Crippen LogP contribution in [0.5, 0.6) is 5.75 Å². The Labute approximate surface area is 277 Å². The molecule has 7 N–H and O–H groups in total. The van der Waals surface area contributed by atoms with Gasteiger partial charge in [0.05, 0.1) is 10.5 Å². The number of carbonyl (C=O) groups excluding carboxylic acids is 3. The third-order valence-electron chi connectivity index (χ3n) is 9.06. The van der Waals surface area contributed by atoms with Crippen molar-refractivity contribution in [2.45, 2.75) is 84.0 Å². The summed E-state index contributed by atoms with van der Waals surface area (Å²) in [6.07, 6.45) is 0.343. The lowest BCUT2D eigenvalue weighted by atomic mass is 9.78. The van der Waals surface area contributed by atoms with Crippen molar-refractivity contribution in [3.05, 3.63) is 63.3 Å². The van der Waals surface area contributed by atoms with Gasteiger partial charge in [-0.1, -0.05) is 75.9 Å². The molecule has 0 bridgehead atoms. The molecular formula is C33H41Cl2N5O6. The Hall–Kier alpha value is -3.96. The molecule has 1 aromatic heterocycles. The fourth-order valence-corrected chi connectivity index (χ4v) is 6.41. The molecule has 13 heteroatoms. The van der Waals surface area contributed by atoms with Gasteiger partial charge in [-0.25, -0.2) is 4.79 Å². The molecule has 2 unspecified atom stereocenters. The Morgan fingerprint density at radius 3 is 2.20 bits per heavy atom. The molecule has 4 amide bonds. The zero-order chi connectivity index (χ0) is 33.8. The molecule has 0 saturated heterocycles. The number of H-pyrrole nitrogens is 1. The SMILES string of the molecule is CCC(C)[C@H](NC(=O)O)C(=O)N[C@@]1(C(=O)N[C@H](C(=O)NCc2ccc(O)cc2)C(C)CC)CCc2[nH]c3c(Cl)cc(Cl)cc3c2C1. The second-order valence-electron chi connectivity index (χ2n) is 12.2. The van der Waals surface area contributed by atoms with E-state index >= 15 is 0 Å². The molecular weight excluding hydrogens is 633 g/mol. The molecule has 248 valence electrons. The summed E-state index contributed by atoms with van der Waals surface area (Å²) >= 11 is 12.8. The Morgan fingerprint density at radius 1 is 0.957 bits per heavy atom. The van der Waals surface area contributed by atoms with Gasteiger partial charge in [0.25, 0.3) is 0 Å². The van der Waals surface area contributed by atoms with Gasteiger partial charge in [-0.3, -0.25) is 14.4 Å². The molecule has 0 fully saturated rings. The van der Waals surface area contributed by atoms with Crippen LogP contribution in [0.4, 0.5) is 4.79 Å². The number of aryl methyl sites for hydroxylation is 1. The van der Waals surface area contributed by atoms with Gasteiger partial charge < -0.3 is 36.5 Å². The highest BCUT2D eigenvalue weighted by Crippen LogP contribution is 2.38. The van der Waals surface area contributed by atoms with Crippen LogP contribution >= 0.6 is 23.2 Å². The number of rotatable bonds is 12. The number of hydrogen-bond acceptors (Lipinski definition) is 5. The van der Waals surface area contributed by atoms with E-state index in [4.69, 9.17) is 23.2 Å². The summed E-state index contributed by atoms with van der Waals surface area (Å²) in [6.45, 7) is 7.55. The lowest BCUT2D eigenvalue weighted by Gasteiger charge is -2.39. The summed E-state index contributed by atoms with van der Waals surface area (Å²) in [7, 11) is 0. The van der Waals surface area contributed by atoms with Crippen molar-refractivity contribution >= 4 is 57.9 Å². The number of phenolic OH excluding ortho intramolecular Hbond substituents is 1. The third-order valence-corrected chi connectivity index (χ3v) is 9.57. The summed E-state index contributed by atoms with van der Waals surface area (Å²) < 4.78 is 0. The van der Waals surface area contributed by atoms with Crippen molar-refractivity contribution in [2.75, 3.05) is 0 Å². The molecule has 1 aliphatic rings. The van der Waals surface area contributed by atoms with E-state index in [0.29, 0.717) is 40.2 Å². The van der Waals surface area contributed by atoms with Gasteiger partial charge in [0.2, 0.25) is 17.7 Å². The van der Waals surface area contributed by atoms with Crippen LogP contribution in [0.1, 0.15) is 63.8 Å². The van der Waals surface area contributed by atoms with Crippen LogP contribution in [-0.4, -0.2) is 56.6 Å². The molecule has 3 aromatic rings. The topological polar surface area (TPSA) is 173 Å². The molecule has 1 aliphatic carbocycles. The Morgan fingerprint density at radius 2 is 1.59 bits per heavy atom. The number of aromatic nitrogens is 1. The van der Waals surface area contributed by atoms with Crippen molar-refractivity contribution in [3.63, 3.8) is 0 Å². The minimum atomic E-state index is -1.52. The van der Waals surface area contributed by atoms with Crippen molar-refractivity contribution in [1.29, 1.82) is 0 Å². The highest BCUT2D eigenvalue weighted by Gasteiger charge is 2.47. The van der Waals surface area contributed by atoms with Crippen LogP contribution in [0, 0.1) is 11.8 Å². The third kappa shape index (κ3) is 7.70. The summed E-state index contributed by atoms with van der Waals surface area (Å²) in [5, 5.41) is 31.7. The van der Waals surface area contributed by atoms with Crippen LogP contribution in [0.3, 0.4) is 0 Å². The quantitative estimate of drug-likeness (QED) is 0.142. The van der Waals surface area contributed by atoms with Crippen molar-refractivity contribution < 1.29 is 29.4 Å². The molecule has 0 radical (unpaired) electrons. The first-order valence-electron chi connectivity index (χ1n) is 15.4. The van der Waals surface area contributed by atoms with Crippen molar-refractivity contribution in [2.24, 2.45) is 11.8 Å². The summed E-state index contributed by atoms with van der Waals surface area (Å²) in [5.41, 5.74) is 1.51. The summed E-state index contributed by atoms with van der Waals surface area (Å²) in [5.74, 6) is -2.11. The fraction of sp³-hybridized carbons (Fsp3) is 0.455. The number of fused-ring (bicyclic) bond motifs is 3. The monoisotopic (exact) mass is 673 g/mol. The van der Waals surface area contributed by atoms with E-state index in [0.717, 1.165) is 16.8 Å². The zero-order valence-electron chi connectivity index (χ0n) is 26.3. The van der Waals surface area contributed by atoms with Gasteiger partial charge in [-0.2, -0.15) is 0 Å². The van der Waals surface area contributed by atoms with E-state index < -0.39 is 41.4 Å². The molecule has 0 spiro atoms. The van der Waals surface area contributed by atoms with E-state index in [1.165, 1.54) is 12.1 Å². The fourth-order valence-electron chi connectivity index (χ4n) is 5.87. The number of aromatic amines is 1. The summed E-state index contributed by atoms with van der Waals surface area (Å²) in [6, 6.07) is 7.76. The lowest BCUT2D eigenvalue weighted by molar-refractivity contribution is -0.138. The standard InChI is InChI=1S/C33H41Cl2N5O6/c1-5-17(3)26(29(42)36-16-19-7-9-21(41)10-8-19)38-31(44)33(40-30(43)27(18(4)6-2)39-32(45)46)12-11-25-23(15-33)22-13-20(34)14-24(35)28(22)37-25/h7-10,13-14,17-18,26-27,37,39,41H,5-6,11-12,15-16H2,1-4H3,(H,36,42)(H,38,44)(H,40,43)(H,45,46)/t17?,18?,26-,27-,33-/m0/s1. The maximum atomic E-state index is 14.5. The van der Waals surface area contributed by atoms with Crippen LogP contribution < -0.4 is 21.3 Å². The van der Waals surface area contributed by atoms with Crippen molar-refractivity contribution in [1.82, 2.24) is 26.3 Å². The van der Waals surface area contributed by atoms with Gasteiger partial charge in [0.15, 0.2) is 0 Å². The Kier molecular flexibility index (Phi) is 11.1. The average molecular weight is 675 g/mol. The van der Waals surface area contributed by atoms with E-state index in [-0.39, 0.29) is 37.0 Å². The Bertz CT molecular complexity index is 1610. The minimum absolute atomic E-state index is 0.0548. The van der Waals surface area contributed by atoms with Gasteiger partial charge in [0, 0.05) is 29.1 Å². The average Bonchev–Trinajstić information content (AvgIpc) is 3.38. The number of halogens is 2. The molecule has 46 heavy (non-hydrogen) atoms. The highest BCUT2D eigenvalue weighted by atomic mass is 35.5. The molecule has 5 atom stereocenters. The summed E-state index contributed by atoms with van der Waals surface area (Å²) in [4.78, 5) is 56.8. The Balaban J connectivity index is 1.69. The predicted molar refractivity (Wildman–Crippen MR) is 177 cm³/mol. The second-order valence-corrected chi connectivity index (χ2v) is 13.0. The number of hydrogen-bond donors (Lipinski definition) is 7. The van der Waals surface area contributed by atoms with Crippen LogP contribution in [0.2, 0.25) is 10.0 Å². The second kappa shape index (κ2) is 14.6. The number of carbonyl (C=O) groups is 4. The molecule has 1 heterocycles. The van der Waals surface area contributed by atoms with E-state index in [1.807, 2.05) is 20.8 Å². The van der Waals surface area contributed by atoms with Gasteiger partial charge in [0.1, 0.15) is 23.4 Å². The number of aromatic hydroxyl groups is 1. The smallest absolute Gasteiger partial charge is 0.405 e. The first kappa shape index (κ1) is 34.9.